The van der Waals surface area contributed by atoms with E-state index in [1.807, 2.05) is 61.5 Å². The maximum atomic E-state index is 12.5. The van der Waals surface area contributed by atoms with E-state index in [9.17, 15) is 4.79 Å². The van der Waals surface area contributed by atoms with Crippen LogP contribution in [0, 0.1) is 6.92 Å². The Balaban J connectivity index is 1.44. The fraction of sp³-hybridized carbons (Fsp3) is 0.182. The molecular weight excluding hydrogens is 352 g/mol. The molecule has 6 heteroatoms. The van der Waals surface area contributed by atoms with Gasteiger partial charge in [0, 0.05) is 36.2 Å². The second-order valence-electron chi connectivity index (χ2n) is 7.08. The minimum Gasteiger partial charge on any atom is -0.332 e. The molecule has 0 saturated carbocycles. The molecule has 1 unspecified atom stereocenters. The van der Waals surface area contributed by atoms with Gasteiger partial charge in [-0.15, -0.1) is 0 Å². The summed E-state index contributed by atoms with van der Waals surface area (Å²) in [6.07, 6.45) is 2.11. The summed E-state index contributed by atoms with van der Waals surface area (Å²) in [6.45, 7) is 2.57. The number of amides is 1. The van der Waals surface area contributed by atoms with Crippen LogP contribution in [0.25, 0.3) is 22.4 Å². The van der Waals surface area contributed by atoms with Crippen molar-refractivity contribution in [2.24, 2.45) is 0 Å². The maximum Gasteiger partial charge on any atom is 0.277 e. The van der Waals surface area contributed by atoms with Crippen molar-refractivity contribution in [2.45, 2.75) is 19.3 Å². The normalized spacial score (nSPS) is 16.8. The molecule has 1 saturated heterocycles. The average Bonchev–Trinajstić information content (AvgIpc) is 3.35. The third kappa shape index (κ3) is 2.83. The van der Waals surface area contributed by atoms with Crippen LogP contribution < -0.4 is 4.90 Å². The number of aromatic nitrogens is 3. The number of hydrogen-bond donors (Lipinski definition) is 0. The first-order valence-corrected chi connectivity index (χ1v) is 9.24. The SMILES string of the molecule is Cc1ccc(N2CC(c3noc(-c4nccc5ccccc45)n3)CC2=O)cc1. The fourth-order valence-electron chi connectivity index (χ4n) is 3.64. The third-order valence-electron chi connectivity index (χ3n) is 5.15. The molecule has 0 bridgehead atoms. The van der Waals surface area contributed by atoms with E-state index in [1.165, 1.54) is 0 Å². The summed E-state index contributed by atoms with van der Waals surface area (Å²) in [4.78, 5) is 23.3. The molecule has 2 aromatic heterocycles. The molecule has 138 valence electrons. The fourth-order valence-corrected chi connectivity index (χ4v) is 3.64. The van der Waals surface area contributed by atoms with E-state index >= 15 is 0 Å². The van der Waals surface area contributed by atoms with E-state index in [1.54, 1.807) is 11.1 Å². The van der Waals surface area contributed by atoms with Crippen molar-refractivity contribution in [1.29, 1.82) is 0 Å². The molecule has 1 atom stereocenters. The maximum absolute atomic E-state index is 12.5. The summed E-state index contributed by atoms with van der Waals surface area (Å²) >= 11 is 0. The molecule has 5 rings (SSSR count). The average molecular weight is 370 g/mol. The summed E-state index contributed by atoms with van der Waals surface area (Å²) in [5, 5.41) is 6.18. The van der Waals surface area contributed by atoms with Crippen molar-refractivity contribution >= 4 is 22.4 Å². The van der Waals surface area contributed by atoms with Crippen LogP contribution in [0.1, 0.15) is 23.7 Å². The highest BCUT2D eigenvalue weighted by atomic mass is 16.5. The lowest BCUT2D eigenvalue weighted by molar-refractivity contribution is -0.117. The highest BCUT2D eigenvalue weighted by Crippen LogP contribution is 2.32. The summed E-state index contributed by atoms with van der Waals surface area (Å²) in [7, 11) is 0. The van der Waals surface area contributed by atoms with Crippen LogP contribution in [-0.2, 0) is 4.79 Å². The lowest BCUT2D eigenvalue weighted by atomic mass is 10.1. The molecule has 0 N–H and O–H groups in total. The van der Waals surface area contributed by atoms with E-state index in [4.69, 9.17) is 4.52 Å². The Morgan fingerprint density at radius 2 is 1.89 bits per heavy atom. The zero-order valence-corrected chi connectivity index (χ0v) is 15.4. The Kier molecular flexibility index (Phi) is 3.90. The second kappa shape index (κ2) is 6.56. The van der Waals surface area contributed by atoms with Gasteiger partial charge < -0.3 is 9.42 Å². The Hall–Kier alpha value is -3.54. The van der Waals surface area contributed by atoms with Crippen molar-refractivity contribution < 1.29 is 9.32 Å². The summed E-state index contributed by atoms with van der Waals surface area (Å²) in [6, 6.07) is 17.9. The van der Waals surface area contributed by atoms with Gasteiger partial charge in [0.05, 0.1) is 0 Å². The number of pyridine rings is 1. The Labute approximate surface area is 161 Å². The first-order valence-electron chi connectivity index (χ1n) is 9.24. The van der Waals surface area contributed by atoms with Crippen LogP contribution in [0.2, 0.25) is 0 Å². The Morgan fingerprint density at radius 3 is 2.75 bits per heavy atom. The molecule has 3 heterocycles. The topological polar surface area (TPSA) is 72.1 Å². The van der Waals surface area contributed by atoms with Crippen LogP contribution in [0.3, 0.4) is 0 Å². The number of fused-ring (bicyclic) bond motifs is 1. The van der Waals surface area contributed by atoms with Gasteiger partial charge >= 0.3 is 0 Å². The molecule has 1 aliphatic heterocycles. The number of carbonyl (C=O) groups excluding carboxylic acids is 1. The molecular formula is C22H18N4O2. The minimum absolute atomic E-state index is 0.0727. The van der Waals surface area contributed by atoms with Gasteiger partial charge in [-0.3, -0.25) is 9.78 Å². The number of aryl methyl sites for hydroxylation is 1. The third-order valence-corrected chi connectivity index (χ3v) is 5.15. The van der Waals surface area contributed by atoms with E-state index in [0.717, 1.165) is 22.0 Å². The van der Waals surface area contributed by atoms with Crippen LogP contribution in [0.4, 0.5) is 5.69 Å². The number of hydrogen-bond acceptors (Lipinski definition) is 5. The first-order chi connectivity index (χ1) is 13.7. The van der Waals surface area contributed by atoms with Gasteiger partial charge in [0.25, 0.3) is 5.89 Å². The van der Waals surface area contributed by atoms with Gasteiger partial charge in [0.15, 0.2) is 5.82 Å². The summed E-state index contributed by atoms with van der Waals surface area (Å²) < 4.78 is 5.51. The van der Waals surface area contributed by atoms with Gasteiger partial charge in [0.2, 0.25) is 5.91 Å². The molecule has 1 aliphatic rings. The van der Waals surface area contributed by atoms with Crippen LogP contribution in [0.5, 0.6) is 0 Å². The van der Waals surface area contributed by atoms with E-state index in [-0.39, 0.29) is 11.8 Å². The van der Waals surface area contributed by atoms with Gasteiger partial charge in [0.1, 0.15) is 5.69 Å². The standard InChI is InChI=1S/C22H18N4O2/c1-14-6-8-17(9-7-14)26-13-16(12-19(26)27)21-24-22(28-25-21)20-18-5-3-2-4-15(18)10-11-23-20/h2-11,16H,12-13H2,1H3. The number of nitrogens with zero attached hydrogens (tertiary/aromatic N) is 4. The van der Waals surface area contributed by atoms with E-state index in [0.29, 0.717) is 30.4 Å². The van der Waals surface area contributed by atoms with Gasteiger partial charge in [-0.1, -0.05) is 47.1 Å². The van der Waals surface area contributed by atoms with Gasteiger partial charge in [-0.25, -0.2) is 0 Å². The molecule has 0 aliphatic carbocycles. The molecule has 4 aromatic rings. The Morgan fingerprint density at radius 1 is 1.07 bits per heavy atom. The molecule has 1 fully saturated rings. The monoisotopic (exact) mass is 370 g/mol. The smallest absolute Gasteiger partial charge is 0.277 e. The predicted octanol–water partition coefficient (Wildman–Crippen LogP) is 4.11. The predicted molar refractivity (Wildman–Crippen MR) is 106 cm³/mol. The number of anilines is 1. The van der Waals surface area contributed by atoms with Crippen molar-refractivity contribution in [3.05, 3.63) is 72.2 Å². The molecule has 6 nitrogen and oxygen atoms in total. The molecule has 1 amide bonds. The number of rotatable bonds is 3. The van der Waals surface area contributed by atoms with Gasteiger partial charge in [-0.2, -0.15) is 4.98 Å². The summed E-state index contributed by atoms with van der Waals surface area (Å²) in [5.41, 5.74) is 2.73. The quantitative estimate of drug-likeness (QED) is 0.543. The number of carbonyl (C=O) groups is 1. The van der Waals surface area contributed by atoms with Crippen molar-refractivity contribution in [3.8, 4) is 11.6 Å². The largest absolute Gasteiger partial charge is 0.332 e. The minimum atomic E-state index is -0.0960. The van der Waals surface area contributed by atoms with Crippen molar-refractivity contribution in [2.75, 3.05) is 11.4 Å². The molecule has 2 aromatic carbocycles. The zero-order chi connectivity index (χ0) is 19.1. The summed E-state index contributed by atoms with van der Waals surface area (Å²) in [5.74, 6) is 0.908. The second-order valence-corrected chi connectivity index (χ2v) is 7.08. The van der Waals surface area contributed by atoms with Gasteiger partial charge in [-0.05, 0) is 30.5 Å². The first kappa shape index (κ1) is 16.6. The highest BCUT2D eigenvalue weighted by molar-refractivity contribution is 5.96. The molecule has 28 heavy (non-hydrogen) atoms. The molecule has 0 radical (unpaired) electrons. The van der Waals surface area contributed by atoms with Crippen LogP contribution in [-0.4, -0.2) is 27.6 Å². The van der Waals surface area contributed by atoms with Crippen molar-refractivity contribution in [1.82, 2.24) is 15.1 Å². The van der Waals surface area contributed by atoms with Crippen molar-refractivity contribution in [3.63, 3.8) is 0 Å². The lowest BCUT2D eigenvalue weighted by Crippen LogP contribution is -2.24. The van der Waals surface area contributed by atoms with E-state index in [2.05, 4.69) is 15.1 Å². The molecule has 0 spiro atoms. The highest BCUT2D eigenvalue weighted by Gasteiger charge is 2.34. The van der Waals surface area contributed by atoms with Crippen LogP contribution >= 0.6 is 0 Å². The zero-order valence-electron chi connectivity index (χ0n) is 15.4. The lowest BCUT2D eigenvalue weighted by Gasteiger charge is -2.16. The Bertz CT molecular complexity index is 1160. The van der Waals surface area contributed by atoms with Crippen LogP contribution in [0.15, 0.2) is 65.3 Å². The number of benzene rings is 2. The van der Waals surface area contributed by atoms with E-state index < -0.39 is 0 Å².